The first-order valence-electron chi connectivity index (χ1n) is 6.32. The van der Waals surface area contributed by atoms with Gasteiger partial charge in [0, 0.05) is 25.6 Å². The minimum Gasteiger partial charge on any atom is -0.365 e. The molecular weight excluding hydrogens is 270 g/mol. The third-order valence-electron chi connectivity index (χ3n) is 3.35. The Kier molecular flexibility index (Phi) is 3.02. The Hall–Kier alpha value is -2.96. The van der Waals surface area contributed by atoms with Crippen molar-refractivity contribution in [3.05, 3.63) is 58.5 Å². The molecule has 0 saturated heterocycles. The van der Waals surface area contributed by atoms with Gasteiger partial charge in [0.15, 0.2) is 0 Å². The highest BCUT2D eigenvalue weighted by atomic mass is 16.2. The van der Waals surface area contributed by atoms with Crippen molar-refractivity contribution in [1.82, 2.24) is 19.1 Å². The first-order valence-corrected chi connectivity index (χ1v) is 6.32. The van der Waals surface area contributed by atoms with E-state index < -0.39 is 11.5 Å². The highest BCUT2D eigenvalue weighted by molar-refractivity contribution is 5.95. The SMILES string of the molecule is Cn1ccnc1Cn1c(=O)c(C(N)=O)cc2ncccc21. The van der Waals surface area contributed by atoms with E-state index in [1.54, 1.807) is 30.7 Å². The molecule has 3 rings (SSSR count). The quantitative estimate of drug-likeness (QED) is 0.746. The number of amides is 1. The number of carbonyl (C=O) groups is 1. The van der Waals surface area contributed by atoms with Gasteiger partial charge < -0.3 is 10.3 Å². The summed E-state index contributed by atoms with van der Waals surface area (Å²) in [5.41, 5.74) is 5.94. The number of carbonyl (C=O) groups excluding carboxylic acids is 1. The van der Waals surface area contributed by atoms with Crippen molar-refractivity contribution in [3.63, 3.8) is 0 Å². The molecule has 0 aromatic carbocycles. The molecule has 3 heterocycles. The summed E-state index contributed by atoms with van der Waals surface area (Å²) in [6.45, 7) is 0.242. The largest absolute Gasteiger partial charge is 0.365 e. The van der Waals surface area contributed by atoms with Crippen LogP contribution >= 0.6 is 0 Å². The zero-order valence-electron chi connectivity index (χ0n) is 11.4. The lowest BCUT2D eigenvalue weighted by molar-refractivity contribution is 0.0998. The molecule has 0 atom stereocenters. The average Bonchev–Trinajstić information content (AvgIpc) is 2.86. The Morgan fingerprint density at radius 1 is 1.33 bits per heavy atom. The summed E-state index contributed by atoms with van der Waals surface area (Å²) in [5.74, 6) is -0.0648. The van der Waals surface area contributed by atoms with E-state index in [-0.39, 0.29) is 12.1 Å². The van der Waals surface area contributed by atoms with Gasteiger partial charge in [-0.15, -0.1) is 0 Å². The molecule has 0 bridgehead atoms. The minimum absolute atomic E-state index is 0.0737. The van der Waals surface area contributed by atoms with Crippen LogP contribution in [0, 0.1) is 0 Å². The predicted molar refractivity (Wildman–Crippen MR) is 76.8 cm³/mol. The van der Waals surface area contributed by atoms with Gasteiger partial charge in [-0.1, -0.05) is 0 Å². The number of rotatable bonds is 3. The fraction of sp³-hybridized carbons (Fsp3) is 0.143. The summed E-state index contributed by atoms with van der Waals surface area (Å²) in [7, 11) is 1.84. The van der Waals surface area contributed by atoms with Crippen LogP contribution in [0.3, 0.4) is 0 Å². The number of imidazole rings is 1. The second-order valence-corrected chi connectivity index (χ2v) is 4.68. The topological polar surface area (TPSA) is 95.8 Å². The van der Waals surface area contributed by atoms with Crippen molar-refractivity contribution in [1.29, 1.82) is 0 Å². The second kappa shape index (κ2) is 4.86. The zero-order chi connectivity index (χ0) is 15.0. The van der Waals surface area contributed by atoms with Gasteiger partial charge in [-0.05, 0) is 18.2 Å². The fourth-order valence-electron chi connectivity index (χ4n) is 2.23. The van der Waals surface area contributed by atoms with Crippen LogP contribution in [0.1, 0.15) is 16.2 Å². The Morgan fingerprint density at radius 2 is 2.14 bits per heavy atom. The smallest absolute Gasteiger partial charge is 0.264 e. The molecule has 0 fully saturated rings. The van der Waals surface area contributed by atoms with Crippen LogP contribution in [0.5, 0.6) is 0 Å². The average molecular weight is 283 g/mol. The number of fused-ring (bicyclic) bond motifs is 1. The minimum atomic E-state index is -0.763. The van der Waals surface area contributed by atoms with Gasteiger partial charge in [-0.2, -0.15) is 0 Å². The van der Waals surface area contributed by atoms with E-state index in [2.05, 4.69) is 9.97 Å². The number of aryl methyl sites for hydroxylation is 1. The van der Waals surface area contributed by atoms with Gasteiger partial charge in [0.25, 0.3) is 11.5 Å². The number of hydrogen-bond acceptors (Lipinski definition) is 4. The maximum absolute atomic E-state index is 12.5. The summed E-state index contributed by atoms with van der Waals surface area (Å²) in [4.78, 5) is 32.3. The molecule has 3 aromatic heterocycles. The van der Waals surface area contributed by atoms with Crippen molar-refractivity contribution in [2.45, 2.75) is 6.54 Å². The first-order chi connectivity index (χ1) is 10.1. The lowest BCUT2D eigenvalue weighted by Gasteiger charge is -2.11. The van der Waals surface area contributed by atoms with E-state index in [1.165, 1.54) is 10.6 Å². The molecule has 1 amide bonds. The van der Waals surface area contributed by atoms with Crippen molar-refractivity contribution in [2.24, 2.45) is 12.8 Å². The van der Waals surface area contributed by atoms with Crippen LogP contribution < -0.4 is 11.3 Å². The van der Waals surface area contributed by atoms with Crippen LogP contribution in [0.25, 0.3) is 11.0 Å². The third-order valence-corrected chi connectivity index (χ3v) is 3.35. The summed E-state index contributed by atoms with van der Waals surface area (Å²) in [5, 5.41) is 0. The van der Waals surface area contributed by atoms with Crippen LogP contribution in [0.2, 0.25) is 0 Å². The van der Waals surface area contributed by atoms with Gasteiger partial charge in [-0.25, -0.2) is 4.98 Å². The van der Waals surface area contributed by atoms with Gasteiger partial charge in [0.2, 0.25) is 0 Å². The zero-order valence-corrected chi connectivity index (χ0v) is 11.4. The Balaban J connectivity index is 2.29. The summed E-state index contributed by atoms with van der Waals surface area (Å²) in [6, 6.07) is 4.94. The Morgan fingerprint density at radius 3 is 2.81 bits per heavy atom. The van der Waals surface area contributed by atoms with E-state index in [1.807, 2.05) is 11.6 Å². The molecule has 3 aromatic rings. The fourth-order valence-corrected chi connectivity index (χ4v) is 2.23. The summed E-state index contributed by atoms with van der Waals surface area (Å²) in [6.07, 6.45) is 5.04. The molecule has 7 nitrogen and oxygen atoms in total. The molecule has 0 unspecified atom stereocenters. The number of nitrogens with two attached hydrogens (primary N) is 1. The van der Waals surface area contributed by atoms with Gasteiger partial charge in [0.05, 0.1) is 17.6 Å². The molecule has 0 aliphatic heterocycles. The van der Waals surface area contributed by atoms with Crippen molar-refractivity contribution < 1.29 is 4.79 Å². The molecule has 7 heteroatoms. The van der Waals surface area contributed by atoms with Crippen LogP contribution in [0.15, 0.2) is 41.6 Å². The maximum Gasteiger partial charge on any atom is 0.264 e. The molecular formula is C14H13N5O2. The second-order valence-electron chi connectivity index (χ2n) is 4.68. The van der Waals surface area contributed by atoms with E-state index in [0.717, 1.165) is 0 Å². The summed E-state index contributed by atoms with van der Waals surface area (Å²) < 4.78 is 3.27. The molecule has 2 N–H and O–H groups in total. The molecule has 0 radical (unpaired) electrons. The highest BCUT2D eigenvalue weighted by Crippen LogP contribution is 2.12. The van der Waals surface area contributed by atoms with E-state index in [4.69, 9.17) is 5.73 Å². The number of aromatic nitrogens is 4. The molecule has 0 saturated carbocycles. The van der Waals surface area contributed by atoms with Crippen LogP contribution in [-0.4, -0.2) is 25.0 Å². The maximum atomic E-state index is 12.5. The lowest BCUT2D eigenvalue weighted by Crippen LogP contribution is -2.30. The van der Waals surface area contributed by atoms with Crippen molar-refractivity contribution in [3.8, 4) is 0 Å². The third kappa shape index (κ3) is 2.18. The normalized spacial score (nSPS) is 10.9. The van der Waals surface area contributed by atoms with Crippen LogP contribution in [0.4, 0.5) is 0 Å². The molecule has 21 heavy (non-hydrogen) atoms. The van der Waals surface area contributed by atoms with Gasteiger partial charge in [-0.3, -0.25) is 19.1 Å². The van der Waals surface area contributed by atoms with E-state index >= 15 is 0 Å². The number of nitrogens with zero attached hydrogens (tertiary/aromatic N) is 4. The summed E-state index contributed by atoms with van der Waals surface area (Å²) >= 11 is 0. The van der Waals surface area contributed by atoms with E-state index in [9.17, 15) is 9.59 Å². The molecule has 106 valence electrons. The number of primary amides is 1. The first kappa shape index (κ1) is 13.0. The van der Waals surface area contributed by atoms with Gasteiger partial charge in [0.1, 0.15) is 11.4 Å². The molecule has 0 aliphatic carbocycles. The highest BCUT2D eigenvalue weighted by Gasteiger charge is 2.15. The molecule has 0 spiro atoms. The van der Waals surface area contributed by atoms with Gasteiger partial charge >= 0.3 is 0 Å². The number of hydrogen-bond donors (Lipinski definition) is 1. The standard InChI is InChI=1S/C14H13N5O2/c1-18-6-5-17-12(18)8-19-11-3-2-4-16-10(11)7-9(13(15)20)14(19)21/h2-7H,8H2,1H3,(H2,15,20). The number of pyridine rings is 2. The predicted octanol–water partition coefficient (Wildman–Crippen LogP) is 0.277. The molecule has 0 aliphatic rings. The van der Waals surface area contributed by atoms with Crippen molar-refractivity contribution in [2.75, 3.05) is 0 Å². The van der Waals surface area contributed by atoms with E-state index in [0.29, 0.717) is 16.9 Å². The van der Waals surface area contributed by atoms with Crippen LogP contribution in [-0.2, 0) is 13.6 Å². The lowest BCUT2D eigenvalue weighted by atomic mass is 10.2. The Labute approximate surface area is 119 Å². The monoisotopic (exact) mass is 283 g/mol. The Bertz CT molecular complexity index is 894. The van der Waals surface area contributed by atoms with Crippen molar-refractivity contribution >= 4 is 16.9 Å².